The second-order valence-corrected chi connectivity index (χ2v) is 4.59. The van der Waals surface area contributed by atoms with Crippen LogP contribution in [0.2, 0.25) is 0 Å². The van der Waals surface area contributed by atoms with Crippen LogP contribution in [0.25, 0.3) is 0 Å². The third-order valence-electron chi connectivity index (χ3n) is 3.20. The summed E-state index contributed by atoms with van der Waals surface area (Å²) in [4.78, 5) is 21.7. The lowest BCUT2D eigenvalue weighted by atomic mass is 9.82. The quantitative estimate of drug-likeness (QED) is 0.490. The predicted molar refractivity (Wildman–Crippen MR) is 64.2 cm³/mol. The second kappa shape index (κ2) is 7.33. The maximum Gasteiger partial charge on any atom is 0.339 e. The van der Waals surface area contributed by atoms with Crippen molar-refractivity contribution in [1.29, 1.82) is 0 Å². The van der Waals surface area contributed by atoms with Gasteiger partial charge in [-0.05, 0) is 12.3 Å². The second-order valence-electron chi connectivity index (χ2n) is 4.59. The molecule has 0 aromatic rings. The SMILES string of the molecule is CCCCC(CC)CC(O)(C(=O)O)C(O)C(=O)O. The molecular weight excluding hydrogens is 240 g/mol. The summed E-state index contributed by atoms with van der Waals surface area (Å²) in [5.41, 5.74) is -2.62. The lowest BCUT2D eigenvalue weighted by Crippen LogP contribution is -2.54. The van der Waals surface area contributed by atoms with Gasteiger partial charge in [0.1, 0.15) is 0 Å². The van der Waals surface area contributed by atoms with E-state index in [-0.39, 0.29) is 12.3 Å². The Labute approximate surface area is 106 Å². The maximum atomic E-state index is 11.0. The molecule has 0 aliphatic heterocycles. The zero-order chi connectivity index (χ0) is 14.3. The van der Waals surface area contributed by atoms with Crippen LogP contribution in [0.5, 0.6) is 0 Å². The summed E-state index contributed by atoms with van der Waals surface area (Å²) in [7, 11) is 0. The number of unbranched alkanes of at least 4 members (excludes halogenated alkanes) is 1. The molecule has 0 radical (unpaired) electrons. The van der Waals surface area contributed by atoms with Gasteiger partial charge >= 0.3 is 11.9 Å². The Balaban J connectivity index is 4.89. The molecule has 0 aromatic carbocycles. The van der Waals surface area contributed by atoms with Gasteiger partial charge in [-0.1, -0.05) is 39.5 Å². The molecule has 0 heterocycles. The van der Waals surface area contributed by atoms with Crippen molar-refractivity contribution in [3.8, 4) is 0 Å². The number of aliphatic hydroxyl groups is 2. The Hall–Kier alpha value is -1.14. The summed E-state index contributed by atoms with van der Waals surface area (Å²) >= 11 is 0. The van der Waals surface area contributed by atoms with Crippen molar-refractivity contribution in [2.75, 3.05) is 0 Å². The first kappa shape index (κ1) is 16.9. The van der Waals surface area contributed by atoms with Crippen molar-refractivity contribution in [3.63, 3.8) is 0 Å². The summed E-state index contributed by atoms with van der Waals surface area (Å²) in [5.74, 6) is -3.56. The molecule has 106 valence electrons. The van der Waals surface area contributed by atoms with Crippen molar-refractivity contribution < 1.29 is 30.0 Å². The van der Waals surface area contributed by atoms with Gasteiger partial charge in [-0.15, -0.1) is 0 Å². The monoisotopic (exact) mass is 262 g/mol. The summed E-state index contributed by atoms with van der Waals surface area (Å²) in [6.07, 6.45) is 0.565. The molecule has 0 aliphatic carbocycles. The molecule has 0 aromatic heterocycles. The fourth-order valence-electron chi connectivity index (χ4n) is 1.90. The highest BCUT2D eigenvalue weighted by Crippen LogP contribution is 2.27. The van der Waals surface area contributed by atoms with Gasteiger partial charge in [0.2, 0.25) is 0 Å². The number of hydrogen-bond donors (Lipinski definition) is 4. The maximum absolute atomic E-state index is 11.0. The van der Waals surface area contributed by atoms with Gasteiger partial charge in [0.05, 0.1) is 0 Å². The van der Waals surface area contributed by atoms with Crippen LogP contribution in [0.15, 0.2) is 0 Å². The van der Waals surface area contributed by atoms with Crippen LogP contribution in [-0.2, 0) is 9.59 Å². The highest BCUT2D eigenvalue weighted by atomic mass is 16.4. The van der Waals surface area contributed by atoms with Crippen LogP contribution in [-0.4, -0.2) is 44.1 Å². The highest BCUT2D eigenvalue weighted by Gasteiger charge is 2.48. The third kappa shape index (κ3) is 4.27. The Morgan fingerprint density at radius 1 is 1.22 bits per heavy atom. The minimum Gasteiger partial charge on any atom is -0.479 e. The van der Waals surface area contributed by atoms with Crippen molar-refractivity contribution in [3.05, 3.63) is 0 Å². The number of carboxylic acid groups (broad SMARTS) is 2. The van der Waals surface area contributed by atoms with Crippen molar-refractivity contribution in [2.24, 2.45) is 5.92 Å². The van der Waals surface area contributed by atoms with E-state index in [9.17, 15) is 19.8 Å². The van der Waals surface area contributed by atoms with E-state index in [2.05, 4.69) is 0 Å². The number of aliphatic hydroxyl groups excluding tert-OH is 1. The fraction of sp³-hybridized carbons (Fsp3) is 0.833. The van der Waals surface area contributed by atoms with E-state index in [1.165, 1.54) is 0 Å². The van der Waals surface area contributed by atoms with Crippen LogP contribution in [0.4, 0.5) is 0 Å². The van der Waals surface area contributed by atoms with E-state index >= 15 is 0 Å². The van der Waals surface area contributed by atoms with Gasteiger partial charge in [-0.2, -0.15) is 0 Å². The van der Waals surface area contributed by atoms with Crippen LogP contribution in [0.3, 0.4) is 0 Å². The Kier molecular flexibility index (Phi) is 6.86. The van der Waals surface area contributed by atoms with E-state index in [0.29, 0.717) is 12.8 Å². The molecule has 4 N–H and O–H groups in total. The van der Waals surface area contributed by atoms with E-state index in [1.807, 2.05) is 13.8 Å². The number of rotatable bonds is 9. The molecule has 0 amide bonds. The topological polar surface area (TPSA) is 115 Å². The Morgan fingerprint density at radius 2 is 1.78 bits per heavy atom. The average Bonchev–Trinajstić information content (AvgIpc) is 2.32. The standard InChI is InChI=1S/C12H22O6/c1-3-5-6-8(4-2)7-12(18,11(16)17)9(13)10(14)15/h8-9,13,18H,3-7H2,1-2H3,(H,14,15)(H,16,17). The molecule has 18 heavy (non-hydrogen) atoms. The van der Waals surface area contributed by atoms with Gasteiger partial charge < -0.3 is 20.4 Å². The lowest BCUT2D eigenvalue weighted by Gasteiger charge is -2.29. The average molecular weight is 262 g/mol. The third-order valence-corrected chi connectivity index (χ3v) is 3.20. The van der Waals surface area contributed by atoms with Crippen molar-refractivity contribution in [1.82, 2.24) is 0 Å². The van der Waals surface area contributed by atoms with Crippen LogP contribution >= 0.6 is 0 Å². The molecule has 6 nitrogen and oxygen atoms in total. The molecular formula is C12H22O6. The number of carbonyl (C=O) groups is 2. The van der Waals surface area contributed by atoms with Crippen LogP contribution in [0, 0.1) is 5.92 Å². The van der Waals surface area contributed by atoms with E-state index in [4.69, 9.17) is 10.2 Å². The zero-order valence-electron chi connectivity index (χ0n) is 10.8. The minimum absolute atomic E-state index is 0.125. The first-order valence-corrected chi connectivity index (χ1v) is 6.16. The number of carboxylic acids is 2. The summed E-state index contributed by atoms with van der Waals surface area (Å²) in [6.45, 7) is 3.83. The first-order chi connectivity index (χ1) is 8.29. The highest BCUT2D eigenvalue weighted by molar-refractivity contribution is 5.87. The van der Waals surface area contributed by atoms with Gasteiger partial charge in [0.25, 0.3) is 0 Å². The van der Waals surface area contributed by atoms with E-state index in [0.717, 1.165) is 12.8 Å². The largest absolute Gasteiger partial charge is 0.479 e. The van der Waals surface area contributed by atoms with Crippen molar-refractivity contribution >= 4 is 11.9 Å². The molecule has 0 bridgehead atoms. The normalized spacial score (nSPS) is 17.8. The smallest absolute Gasteiger partial charge is 0.339 e. The lowest BCUT2D eigenvalue weighted by molar-refractivity contribution is -0.186. The first-order valence-electron chi connectivity index (χ1n) is 6.16. The van der Waals surface area contributed by atoms with Gasteiger partial charge in [-0.3, -0.25) is 0 Å². The van der Waals surface area contributed by atoms with Gasteiger partial charge in [-0.25, -0.2) is 9.59 Å². The molecule has 3 unspecified atom stereocenters. The molecule has 0 saturated heterocycles. The molecule has 3 atom stereocenters. The molecule has 0 fully saturated rings. The predicted octanol–water partition coefficient (Wildman–Crippen LogP) is 0.854. The summed E-state index contributed by atoms with van der Waals surface area (Å²) < 4.78 is 0. The molecule has 0 rings (SSSR count). The van der Waals surface area contributed by atoms with E-state index < -0.39 is 23.6 Å². The van der Waals surface area contributed by atoms with Crippen molar-refractivity contribution in [2.45, 2.75) is 57.7 Å². The van der Waals surface area contributed by atoms with Gasteiger partial charge in [0.15, 0.2) is 11.7 Å². The minimum atomic E-state index is -2.62. The molecule has 0 saturated carbocycles. The van der Waals surface area contributed by atoms with Crippen LogP contribution < -0.4 is 0 Å². The van der Waals surface area contributed by atoms with E-state index in [1.54, 1.807) is 0 Å². The fourth-order valence-corrected chi connectivity index (χ4v) is 1.90. The van der Waals surface area contributed by atoms with Crippen LogP contribution in [0.1, 0.15) is 46.0 Å². The zero-order valence-corrected chi connectivity index (χ0v) is 10.8. The molecule has 6 heteroatoms. The Morgan fingerprint density at radius 3 is 2.11 bits per heavy atom. The molecule has 0 spiro atoms. The summed E-state index contributed by atoms with van der Waals surface area (Å²) in [6, 6.07) is 0. The number of aliphatic carboxylic acids is 2. The molecule has 0 aliphatic rings. The Bertz CT molecular complexity index is 290. The number of hydrogen-bond acceptors (Lipinski definition) is 4. The summed E-state index contributed by atoms with van der Waals surface area (Å²) in [5, 5.41) is 36.9. The van der Waals surface area contributed by atoms with Gasteiger partial charge in [0, 0.05) is 0 Å².